The molecule has 3 aliphatic rings. The summed E-state index contributed by atoms with van der Waals surface area (Å²) in [6, 6.07) is 10.9. The molecule has 1 heterocycles. The van der Waals surface area contributed by atoms with Crippen molar-refractivity contribution in [3.05, 3.63) is 59.7 Å². The Kier molecular flexibility index (Phi) is 4.31. The van der Waals surface area contributed by atoms with Gasteiger partial charge >= 0.3 is 0 Å². The van der Waals surface area contributed by atoms with Crippen LogP contribution in [0.5, 0.6) is 0 Å². The fraction of sp³-hybridized carbons (Fsp3) is 0.409. The van der Waals surface area contributed by atoms with Crippen LogP contribution in [0.4, 0.5) is 8.78 Å². The van der Waals surface area contributed by atoms with Crippen molar-refractivity contribution in [1.82, 2.24) is 9.62 Å². The van der Waals surface area contributed by atoms with E-state index in [1.54, 1.807) is 17.0 Å². The quantitative estimate of drug-likeness (QED) is 0.790. The Balaban J connectivity index is 1.35. The van der Waals surface area contributed by atoms with Crippen LogP contribution in [0, 0.1) is 23.5 Å². The number of likely N-dealkylation sites (tertiary alicyclic amines) is 1. The molecule has 8 heteroatoms. The van der Waals surface area contributed by atoms with Crippen LogP contribution in [0.15, 0.2) is 42.5 Å². The zero-order valence-corrected chi connectivity index (χ0v) is 17.3. The van der Waals surface area contributed by atoms with E-state index in [1.807, 2.05) is 12.1 Å². The van der Waals surface area contributed by atoms with Gasteiger partial charge in [0.1, 0.15) is 11.6 Å². The predicted octanol–water partition coefficient (Wildman–Crippen LogP) is 2.89. The number of rotatable bonds is 5. The molecule has 0 unspecified atom stereocenters. The Labute approximate surface area is 174 Å². The molecule has 1 saturated heterocycles. The van der Waals surface area contributed by atoms with Crippen molar-refractivity contribution in [2.75, 3.05) is 19.3 Å². The van der Waals surface area contributed by atoms with E-state index in [-0.39, 0.29) is 29.2 Å². The van der Waals surface area contributed by atoms with Crippen LogP contribution in [-0.4, -0.2) is 44.1 Å². The molecule has 1 aliphatic heterocycles. The lowest BCUT2D eigenvalue weighted by atomic mass is 9.95. The van der Waals surface area contributed by atoms with Gasteiger partial charge in [0.05, 0.1) is 17.4 Å². The molecule has 158 valence electrons. The Bertz CT molecular complexity index is 1130. The minimum atomic E-state index is -3.34. The van der Waals surface area contributed by atoms with Crippen molar-refractivity contribution >= 4 is 15.9 Å². The Morgan fingerprint density at radius 2 is 1.83 bits per heavy atom. The average molecular weight is 432 g/mol. The molecule has 2 aromatic carbocycles. The highest BCUT2D eigenvalue weighted by Crippen LogP contribution is 2.55. The van der Waals surface area contributed by atoms with Crippen LogP contribution in [0.1, 0.15) is 24.3 Å². The monoisotopic (exact) mass is 432 g/mol. The molecule has 0 spiro atoms. The smallest absolute Gasteiger partial charge is 0.226 e. The van der Waals surface area contributed by atoms with Gasteiger partial charge in [0.2, 0.25) is 15.9 Å². The standard InChI is InChI=1S/C22H22F2N2O3S/c1-30(28,29)25-22-10-13(22)11-26(12-22)21(27)17-9-16(17)14-5-2-3-6-15(14)20-18(23)7-4-8-19(20)24/h2-8,13,16-17,25H,9-12H2,1H3/t13-,16+,17-,22-/m1/s1. The molecule has 5 rings (SSSR count). The summed E-state index contributed by atoms with van der Waals surface area (Å²) in [7, 11) is -3.34. The molecule has 1 N–H and O–H groups in total. The van der Waals surface area contributed by atoms with Gasteiger partial charge in [-0.05, 0) is 47.9 Å². The van der Waals surface area contributed by atoms with Crippen molar-refractivity contribution in [3.8, 4) is 11.1 Å². The molecule has 2 saturated carbocycles. The summed E-state index contributed by atoms with van der Waals surface area (Å²) < 4.78 is 54.7. The van der Waals surface area contributed by atoms with E-state index in [9.17, 15) is 22.0 Å². The summed E-state index contributed by atoms with van der Waals surface area (Å²) in [6.07, 6.45) is 2.52. The normalized spacial score (nSPS) is 29.6. The van der Waals surface area contributed by atoms with Gasteiger partial charge in [-0.25, -0.2) is 21.9 Å². The number of nitrogens with one attached hydrogen (secondary N) is 1. The predicted molar refractivity (Wildman–Crippen MR) is 108 cm³/mol. The minimum absolute atomic E-state index is 0.00863. The SMILES string of the molecule is CS(=O)(=O)N[C@@]12C[C@@H]1CN(C(=O)[C@@H]1C[C@H]1c1ccccc1-c1c(F)cccc1F)C2. The number of hydrogen-bond acceptors (Lipinski definition) is 3. The van der Waals surface area contributed by atoms with Crippen molar-refractivity contribution < 1.29 is 22.0 Å². The lowest BCUT2D eigenvalue weighted by Gasteiger charge is -2.21. The van der Waals surface area contributed by atoms with Crippen molar-refractivity contribution in [2.45, 2.75) is 24.3 Å². The van der Waals surface area contributed by atoms with Gasteiger partial charge in [-0.15, -0.1) is 0 Å². The second-order valence-electron chi connectivity index (χ2n) is 8.78. The van der Waals surface area contributed by atoms with Crippen molar-refractivity contribution in [2.24, 2.45) is 11.8 Å². The van der Waals surface area contributed by atoms with E-state index in [0.717, 1.165) is 18.2 Å². The van der Waals surface area contributed by atoms with Crippen molar-refractivity contribution in [3.63, 3.8) is 0 Å². The van der Waals surface area contributed by atoms with Gasteiger partial charge in [0, 0.05) is 19.0 Å². The summed E-state index contributed by atoms with van der Waals surface area (Å²) in [5, 5.41) is 0. The summed E-state index contributed by atoms with van der Waals surface area (Å²) in [4.78, 5) is 14.8. The number of nitrogens with zero attached hydrogens (tertiary/aromatic N) is 1. The number of sulfonamides is 1. The number of carbonyl (C=O) groups is 1. The number of carbonyl (C=O) groups excluding carboxylic acids is 1. The van der Waals surface area contributed by atoms with Gasteiger partial charge in [-0.1, -0.05) is 30.3 Å². The average Bonchev–Trinajstić information content (AvgIpc) is 3.56. The number of halogens is 2. The third-order valence-electron chi connectivity index (χ3n) is 6.55. The highest BCUT2D eigenvalue weighted by atomic mass is 32.2. The fourth-order valence-electron chi connectivity index (χ4n) is 5.03. The Morgan fingerprint density at radius 3 is 2.53 bits per heavy atom. The van der Waals surface area contributed by atoms with Gasteiger partial charge < -0.3 is 4.90 Å². The van der Waals surface area contributed by atoms with E-state index in [2.05, 4.69) is 4.72 Å². The first-order valence-corrected chi connectivity index (χ1v) is 11.9. The summed E-state index contributed by atoms with van der Waals surface area (Å²) >= 11 is 0. The molecule has 5 nitrogen and oxygen atoms in total. The van der Waals surface area contributed by atoms with Crippen LogP contribution in [0.2, 0.25) is 0 Å². The van der Waals surface area contributed by atoms with Crippen LogP contribution in [0.25, 0.3) is 11.1 Å². The maximum Gasteiger partial charge on any atom is 0.226 e. The number of amides is 1. The number of benzene rings is 2. The maximum atomic E-state index is 14.4. The Morgan fingerprint density at radius 1 is 1.13 bits per heavy atom. The lowest BCUT2D eigenvalue weighted by molar-refractivity contribution is -0.132. The van der Waals surface area contributed by atoms with Crippen LogP contribution < -0.4 is 4.72 Å². The summed E-state index contributed by atoms with van der Waals surface area (Å²) in [6.45, 7) is 0.935. The minimum Gasteiger partial charge on any atom is -0.340 e. The highest BCUT2D eigenvalue weighted by Gasteiger charge is 2.63. The van der Waals surface area contributed by atoms with E-state index in [4.69, 9.17) is 0 Å². The molecule has 4 atom stereocenters. The second kappa shape index (κ2) is 6.59. The first kappa shape index (κ1) is 19.6. The lowest BCUT2D eigenvalue weighted by Crippen LogP contribution is -2.43. The molecule has 0 aromatic heterocycles. The summed E-state index contributed by atoms with van der Waals surface area (Å²) in [5.41, 5.74) is 0.674. The first-order chi connectivity index (χ1) is 14.2. The van der Waals surface area contributed by atoms with E-state index < -0.39 is 27.2 Å². The highest BCUT2D eigenvalue weighted by molar-refractivity contribution is 7.88. The molecular weight excluding hydrogens is 410 g/mol. The van der Waals surface area contributed by atoms with Crippen LogP contribution >= 0.6 is 0 Å². The van der Waals surface area contributed by atoms with Gasteiger partial charge in [0.25, 0.3) is 0 Å². The third kappa shape index (κ3) is 3.32. The fourth-order valence-corrected chi connectivity index (χ4v) is 6.08. The first-order valence-electron chi connectivity index (χ1n) is 9.99. The summed E-state index contributed by atoms with van der Waals surface area (Å²) in [5.74, 6) is -1.44. The molecule has 2 aliphatic carbocycles. The molecule has 0 radical (unpaired) electrons. The van der Waals surface area contributed by atoms with Gasteiger partial charge in [-0.2, -0.15) is 0 Å². The van der Waals surface area contributed by atoms with Crippen molar-refractivity contribution in [1.29, 1.82) is 0 Å². The van der Waals surface area contributed by atoms with E-state index in [1.165, 1.54) is 18.2 Å². The number of piperidine rings is 1. The molecule has 0 bridgehead atoms. The van der Waals surface area contributed by atoms with Crippen LogP contribution in [-0.2, 0) is 14.8 Å². The van der Waals surface area contributed by atoms with Crippen LogP contribution in [0.3, 0.4) is 0 Å². The molecule has 3 fully saturated rings. The zero-order valence-electron chi connectivity index (χ0n) is 16.4. The number of fused-ring (bicyclic) bond motifs is 1. The Hall–Kier alpha value is -2.32. The number of hydrogen-bond donors (Lipinski definition) is 1. The van der Waals surface area contributed by atoms with E-state index >= 15 is 0 Å². The molecule has 1 amide bonds. The third-order valence-corrected chi connectivity index (χ3v) is 7.32. The topological polar surface area (TPSA) is 66.5 Å². The van der Waals surface area contributed by atoms with Gasteiger partial charge in [-0.3, -0.25) is 4.79 Å². The molecule has 30 heavy (non-hydrogen) atoms. The second-order valence-corrected chi connectivity index (χ2v) is 10.5. The molecule has 2 aromatic rings. The zero-order chi connectivity index (χ0) is 21.3. The van der Waals surface area contributed by atoms with Gasteiger partial charge in [0.15, 0.2) is 0 Å². The molecular formula is C22H22F2N2O3S. The maximum absolute atomic E-state index is 14.4. The largest absolute Gasteiger partial charge is 0.340 e. The van der Waals surface area contributed by atoms with E-state index in [0.29, 0.717) is 25.1 Å².